The second kappa shape index (κ2) is 8.20. The molecule has 1 heterocycles. The second-order valence-electron chi connectivity index (χ2n) is 6.45. The number of methoxy groups -OCH3 is 2. The fraction of sp³-hybridized carbons (Fsp3) is 0.556. The molecule has 2 unspecified atom stereocenters. The van der Waals surface area contributed by atoms with Crippen LogP contribution in [-0.4, -0.2) is 50.1 Å². The first-order valence-electron chi connectivity index (χ1n) is 8.45. The molecule has 0 spiro atoms. The lowest BCUT2D eigenvalue weighted by Crippen LogP contribution is -2.45. The number of benzene rings is 1. The summed E-state index contributed by atoms with van der Waals surface area (Å²) in [6.45, 7) is 4.72. The van der Waals surface area contributed by atoms with E-state index in [1.807, 2.05) is 11.8 Å². The molecule has 0 bridgehead atoms. The monoisotopic (exact) mass is 349 g/mol. The van der Waals surface area contributed by atoms with Gasteiger partial charge in [-0.2, -0.15) is 0 Å². The van der Waals surface area contributed by atoms with Crippen molar-refractivity contribution in [2.45, 2.75) is 32.7 Å². The van der Waals surface area contributed by atoms with Crippen molar-refractivity contribution in [3.8, 4) is 11.5 Å². The van der Waals surface area contributed by atoms with Crippen LogP contribution in [0.3, 0.4) is 0 Å². The quantitative estimate of drug-likeness (QED) is 0.846. The first kappa shape index (κ1) is 19.1. The van der Waals surface area contributed by atoms with Gasteiger partial charge in [-0.1, -0.05) is 0 Å². The van der Waals surface area contributed by atoms with Gasteiger partial charge in [0.05, 0.1) is 19.9 Å². The van der Waals surface area contributed by atoms with Crippen LogP contribution in [0.1, 0.15) is 37.0 Å². The van der Waals surface area contributed by atoms with Crippen LogP contribution in [0.5, 0.6) is 11.5 Å². The van der Waals surface area contributed by atoms with Crippen LogP contribution in [0.2, 0.25) is 0 Å². The average molecular weight is 349 g/mol. The topological polar surface area (TPSA) is 93.9 Å². The lowest BCUT2D eigenvalue weighted by Gasteiger charge is -2.34. The molecule has 1 saturated heterocycles. The van der Waals surface area contributed by atoms with Crippen molar-refractivity contribution in [3.05, 3.63) is 17.7 Å². The maximum absolute atomic E-state index is 12.9. The van der Waals surface area contributed by atoms with Gasteiger partial charge in [-0.05, 0) is 37.8 Å². The highest BCUT2D eigenvalue weighted by Gasteiger charge is 2.27. The fourth-order valence-electron chi connectivity index (χ4n) is 3.18. The molecule has 138 valence electrons. The van der Waals surface area contributed by atoms with Gasteiger partial charge in [-0.3, -0.25) is 9.59 Å². The lowest BCUT2D eigenvalue weighted by molar-refractivity contribution is -0.114. The number of hydrogen-bond donors (Lipinski definition) is 2. The molecule has 0 aromatic heterocycles. The Morgan fingerprint density at radius 1 is 1.32 bits per heavy atom. The predicted octanol–water partition coefficient (Wildman–Crippen LogP) is 1.86. The smallest absolute Gasteiger partial charge is 0.254 e. The third-order valence-corrected chi connectivity index (χ3v) is 4.53. The number of nitrogens with zero attached hydrogens (tertiary/aromatic N) is 1. The van der Waals surface area contributed by atoms with E-state index in [0.29, 0.717) is 41.8 Å². The Bertz CT molecular complexity index is 645. The molecule has 1 aromatic rings. The number of hydrogen-bond acceptors (Lipinski definition) is 5. The maximum atomic E-state index is 12.9. The molecule has 1 aliphatic rings. The number of likely N-dealkylation sites (tertiary alicyclic amines) is 1. The van der Waals surface area contributed by atoms with Gasteiger partial charge in [-0.25, -0.2) is 0 Å². The normalized spacial score (nSPS) is 18.4. The van der Waals surface area contributed by atoms with Gasteiger partial charge in [-0.15, -0.1) is 0 Å². The molecule has 3 N–H and O–H groups in total. The lowest BCUT2D eigenvalue weighted by atomic mass is 9.92. The molecule has 0 aliphatic carbocycles. The fourth-order valence-corrected chi connectivity index (χ4v) is 3.18. The van der Waals surface area contributed by atoms with E-state index in [1.165, 1.54) is 21.1 Å². The van der Waals surface area contributed by atoms with Crippen LogP contribution in [0.15, 0.2) is 12.1 Å². The summed E-state index contributed by atoms with van der Waals surface area (Å²) >= 11 is 0. The van der Waals surface area contributed by atoms with E-state index in [2.05, 4.69) is 5.32 Å². The van der Waals surface area contributed by atoms with Gasteiger partial charge in [0.25, 0.3) is 5.91 Å². The third-order valence-electron chi connectivity index (χ3n) is 4.53. The first-order chi connectivity index (χ1) is 11.9. The Kier molecular flexibility index (Phi) is 6.25. The van der Waals surface area contributed by atoms with Crippen LogP contribution in [0.25, 0.3) is 0 Å². The van der Waals surface area contributed by atoms with Crippen molar-refractivity contribution >= 4 is 17.5 Å². The Morgan fingerprint density at radius 3 is 2.60 bits per heavy atom. The van der Waals surface area contributed by atoms with E-state index in [-0.39, 0.29) is 17.9 Å². The standard InChI is InChI=1S/C18H27N3O4/c1-11(19)13-6-5-7-21(10-13)18(23)14-8-15(20-12(2)22)17(25-4)16(9-14)24-3/h8-9,11,13H,5-7,10,19H2,1-4H3,(H,20,22). The van der Waals surface area contributed by atoms with Gasteiger partial charge >= 0.3 is 0 Å². The van der Waals surface area contributed by atoms with Crippen LogP contribution in [0, 0.1) is 5.92 Å². The van der Waals surface area contributed by atoms with Crippen molar-refractivity contribution in [3.63, 3.8) is 0 Å². The zero-order chi connectivity index (χ0) is 18.6. The summed E-state index contributed by atoms with van der Waals surface area (Å²) in [7, 11) is 2.99. The van der Waals surface area contributed by atoms with E-state index in [9.17, 15) is 9.59 Å². The number of carbonyl (C=O) groups is 2. The van der Waals surface area contributed by atoms with Crippen LogP contribution < -0.4 is 20.5 Å². The summed E-state index contributed by atoms with van der Waals surface area (Å²) in [6, 6.07) is 3.32. The third kappa shape index (κ3) is 4.42. The number of nitrogens with one attached hydrogen (secondary N) is 1. The van der Waals surface area contributed by atoms with E-state index in [4.69, 9.17) is 15.2 Å². The molecule has 1 fully saturated rings. The molecular formula is C18H27N3O4. The van der Waals surface area contributed by atoms with Crippen molar-refractivity contribution in [1.82, 2.24) is 4.90 Å². The summed E-state index contributed by atoms with van der Waals surface area (Å²) in [4.78, 5) is 26.2. The molecule has 25 heavy (non-hydrogen) atoms. The average Bonchev–Trinajstić information content (AvgIpc) is 2.59. The van der Waals surface area contributed by atoms with E-state index >= 15 is 0 Å². The van der Waals surface area contributed by atoms with Crippen molar-refractivity contribution in [2.75, 3.05) is 32.6 Å². The van der Waals surface area contributed by atoms with E-state index < -0.39 is 0 Å². The van der Waals surface area contributed by atoms with Crippen LogP contribution in [-0.2, 0) is 4.79 Å². The van der Waals surface area contributed by atoms with Crippen LogP contribution >= 0.6 is 0 Å². The second-order valence-corrected chi connectivity index (χ2v) is 6.45. The number of amides is 2. The van der Waals surface area contributed by atoms with Crippen molar-refractivity contribution in [2.24, 2.45) is 11.7 Å². The number of nitrogens with two attached hydrogens (primary N) is 1. The maximum Gasteiger partial charge on any atom is 0.254 e. The van der Waals surface area contributed by atoms with Crippen molar-refractivity contribution in [1.29, 1.82) is 0 Å². The molecule has 2 rings (SSSR count). The van der Waals surface area contributed by atoms with Gasteiger partial charge in [0.15, 0.2) is 11.5 Å². The highest BCUT2D eigenvalue weighted by molar-refractivity contribution is 5.99. The zero-order valence-electron chi connectivity index (χ0n) is 15.3. The molecule has 7 nitrogen and oxygen atoms in total. The van der Waals surface area contributed by atoms with Crippen molar-refractivity contribution < 1.29 is 19.1 Å². The summed E-state index contributed by atoms with van der Waals surface area (Å²) in [6.07, 6.45) is 1.97. The van der Waals surface area contributed by atoms with E-state index in [1.54, 1.807) is 12.1 Å². The van der Waals surface area contributed by atoms with Crippen LogP contribution in [0.4, 0.5) is 5.69 Å². The van der Waals surface area contributed by atoms with E-state index in [0.717, 1.165) is 12.8 Å². The molecule has 2 amide bonds. The largest absolute Gasteiger partial charge is 0.493 e. The van der Waals surface area contributed by atoms with Gasteiger partial charge in [0.2, 0.25) is 5.91 Å². The Hall–Kier alpha value is -2.28. The first-order valence-corrected chi connectivity index (χ1v) is 8.45. The number of rotatable bonds is 5. The summed E-state index contributed by atoms with van der Waals surface area (Å²) in [5.41, 5.74) is 6.87. The summed E-state index contributed by atoms with van der Waals surface area (Å²) in [5, 5.41) is 2.69. The Balaban J connectivity index is 2.33. The minimum atomic E-state index is -0.250. The zero-order valence-corrected chi connectivity index (χ0v) is 15.3. The van der Waals surface area contributed by atoms with Gasteiger partial charge < -0.3 is 25.4 Å². The minimum absolute atomic E-state index is 0.0518. The molecule has 0 radical (unpaired) electrons. The highest BCUT2D eigenvalue weighted by Crippen LogP contribution is 2.37. The summed E-state index contributed by atoms with van der Waals surface area (Å²) < 4.78 is 10.6. The molecular weight excluding hydrogens is 322 g/mol. The van der Waals surface area contributed by atoms with Gasteiger partial charge in [0, 0.05) is 31.6 Å². The molecule has 0 saturated carbocycles. The number of anilines is 1. The van der Waals surface area contributed by atoms with Gasteiger partial charge in [0.1, 0.15) is 0 Å². The predicted molar refractivity (Wildman–Crippen MR) is 96.1 cm³/mol. The summed E-state index contributed by atoms with van der Waals surface area (Å²) in [5.74, 6) is 0.740. The minimum Gasteiger partial charge on any atom is -0.493 e. The Labute approximate surface area is 148 Å². The molecule has 1 aromatic carbocycles. The SMILES string of the molecule is COc1cc(C(=O)N2CCCC(C(C)N)C2)cc(NC(C)=O)c1OC. The highest BCUT2D eigenvalue weighted by atomic mass is 16.5. The molecule has 2 atom stereocenters. The Morgan fingerprint density at radius 2 is 2.04 bits per heavy atom. The number of piperidine rings is 1. The number of ether oxygens (including phenoxy) is 2. The molecule has 7 heteroatoms. The molecule has 1 aliphatic heterocycles. The number of carbonyl (C=O) groups excluding carboxylic acids is 2.